The number of alkyl halides is 3. The normalized spacial score (nSPS) is 19.2. The number of carbonyl (C=O) groups excluding carboxylic acids is 1. The number of rotatable bonds is 5. The highest BCUT2D eigenvalue weighted by Gasteiger charge is 2.49. The van der Waals surface area contributed by atoms with Gasteiger partial charge in [0.15, 0.2) is 12.4 Å². The molecule has 1 saturated carbocycles. The molecule has 10 heteroatoms. The van der Waals surface area contributed by atoms with Crippen LogP contribution in [0.15, 0.2) is 17.9 Å². The number of hydrogen-bond acceptors (Lipinski definition) is 5. The average molecular weight is 447 g/mol. The molecule has 0 atom stereocenters. The number of hydrogen-bond donors (Lipinski definition) is 1. The van der Waals surface area contributed by atoms with Gasteiger partial charge in [0, 0.05) is 0 Å². The Morgan fingerprint density at radius 3 is 2.17 bits per heavy atom. The van der Waals surface area contributed by atoms with Gasteiger partial charge in [0.05, 0.1) is 11.8 Å². The summed E-state index contributed by atoms with van der Waals surface area (Å²) in [5, 5.41) is 2.92. The van der Waals surface area contributed by atoms with Crippen molar-refractivity contribution < 1.29 is 35.3 Å². The zero-order valence-corrected chi connectivity index (χ0v) is 17.8. The Balaban J connectivity index is 2.11. The van der Waals surface area contributed by atoms with Gasteiger partial charge < -0.3 is 14.2 Å². The fourth-order valence-corrected chi connectivity index (χ4v) is 4.80. The zero-order chi connectivity index (χ0) is 22.3. The summed E-state index contributed by atoms with van der Waals surface area (Å²) in [6.07, 6.45) is 0.153. The summed E-state index contributed by atoms with van der Waals surface area (Å²) in [7, 11) is -3.91. The topological polar surface area (TPSA) is 81.7 Å². The van der Waals surface area contributed by atoms with E-state index in [-0.39, 0.29) is 17.1 Å². The van der Waals surface area contributed by atoms with Crippen LogP contribution in [0, 0.1) is 13.8 Å². The Bertz CT molecular complexity index is 969. The van der Waals surface area contributed by atoms with Crippen LogP contribution in [0.1, 0.15) is 48.8 Å². The van der Waals surface area contributed by atoms with Crippen molar-refractivity contribution in [2.45, 2.75) is 57.7 Å². The second-order valence-electron chi connectivity index (χ2n) is 7.92. The van der Waals surface area contributed by atoms with E-state index in [0.717, 1.165) is 25.5 Å². The molecular formula is C20H24F3NO5S. The number of aryl methyl sites for hydroxylation is 2. The summed E-state index contributed by atoms with van der Waals surface area (Å²) in [4.78, 5) is 13.0. The van der Waals surface area contributed by atoms with Crippen LogP contribution in [0.2, 0.25) is 0 Å². The molecule has 2 aliphatic rings. The van der Waals surface area contributed by atoms with E-state index in [2.05, 4.69) is 5.32 Å². The monoisotopic (exact) mass is 447 g/mol. The predicted octanol–water partition coefficient (Wildman–Crippen LogP) is 3.76. The smallest absolute Gasteiger partial charge is 0.422 e. The van der Waals surface area contributed by atoms with E-state index >= 15 is 0 Å². The summed E-state index contributed by atoms with van der Waals surface area (Å²) in [6, 6.07) is 2.80. The quantitative estimate of drug-likeness (QED) is 0.695. The molecule has 30 heavy (non-hydrogen) atoms. The number of nitrogens with one attached hydrogen (secondary N) is 1. The molecule has 0 saturated heterocycles. The Morgan fingerprint density at radius 1 is 1.10 bits per heavy atom. The maximum atomic E-state index is 13.0. The second kappa shape index (κ2) is 7.79. The third-order valence-corrected chi connectivity index (χ3v) is 5.81. The second-order valence-corrected chi connectivity index (χ2v) is 9.50. The van der Waals surface area contributed by atoms with Crippen molar-refractivity contribution in [3.05, 3.63) is 34.6 Å². The number of ether oxygens (including phenoxy) is 1. The van der Waals surface area contributed by atoms with Crippen LogP contribution in [-0.2, 0) is 19.1 Å². The fraction of sp³-hybridized carbons (Fsp3) is 0.550. The van der Waals surface area contributed by atoms with Gasteiger partial charge in [0.1, 0.15) is 11.3 Å². The first kappa shape index (κ1) is 22.5. The van der Waals surface area contributed by atoms with Crippen molar-refractivity contribution in [1.82, 2.24) is 5.32 Å². The van der Waals surface area contributed by atoms with Crippen molar-refractivity contribution in [2.75, 3.05) is 12.9 Å². The lowest BCUT2D eigenvalue weighted by atomic mass is 9.80. The van der Waals surface area contributed by atoms with Gasteiger partial charge in [-0.25, -0.2) is 0 Å². The maximum Gasteiger partial charge on any atom is 0.422 e. The SMILES string of the molecule is Cc1cc(OCC(F)(F)F)cc(C)c1C1=C(OS(C)(=O)=O)C2(CCCCC2)NC1=O. The van der Waals surface area contributed by atoms with E-state index in [4.69, 9.17) is 8.92 Å². The van der Waals surface area contributed by atoms with E-state index in [1.807, 2.05) is 0 Å². The van der Waals surface area contributed by atoms with E-state index < -0.39 is 34.3 Å². The molecule has 1 heterocycles. The molecule has 1 fully saturated rings. The standard InChI is InChI=1S/C20H24F3NO5S/c1-12-9-14(28-11-20(21,22)23)10-13(2)15(12)16-17(29-30(3,26)27)19(24-18(16)25)7-5-4-6-8-19/h9-10H,4-8,11H2,1-3H3,(H,24,25). The van der Waals surface area contributed by atoms with E-state index in [9.17, 15) is 26.4 Å². The Morgan fingerprint density at radius 2 is 1.67 bits per heavy atom. The third kappa shape index (κ3) is 4.74. The number of carbonyl (C=O) groups is 1. The molecular weight excluding hydrogens is 423 g/mol. The Labute approximate surface area is 173 Å². The first-order chi connectivity index (χ1) is 13.8. The van der Waals surface area contributed by atoms with Crippen LogP contribution in [0.25, 0.3) is 5.57 Å². The lowest BCUT2D eigenvalue weighted by Gasteiger charge is -2.34. The third-order valence-electron chi connectivity index (χ3n) is 5.34. The minimum atomic E-state index is -4.47. The largest absolute Gasteiger partial charge is 0.484 e. The first-order valence-corrected chi connectivity index (χ1v) is 11.4. The molecule has 1 aromatic carbocycles. The molecule has 166 valence electrons. The lowest BCUT2D eigenvalue weighted by molar-refractivity contribution is -0.153. The highest BCUT2D eigenvalue weighted by Crippen LogP contribution is 2.45. The van der Waals surface area contributed by atoms with Gasteiger partial charge in [0.25, 0.3) is 5.91 Å². The minimum absolute atomic E-state index is 0.0167. The highest BCUT2D eigenvalue weighted by atomic mass is 32.2. The van der Waals surface area contributed by atoms with Gasteiger partial charge in [-0.05, 0) is 55.5 Å². The molecule has 6 nitrogen and oxygen atoms in total. The van der Waals surface area contributed by atoms with Gasteiger partial charge in [-0.3, -0.25) is 4.79 Å². The molecule has 0 aromatic heterocycles. The lowest BCUT2D eigenvalue weighted by Crippen LogP contribution is -2.46. The fourth-order valence-electron chi connectivity index (χ4n) is 4.25. The molecule has 1 spiro atoms. The van der Waals surface area contributed by atoms with Gasteiger partial charge in [-0.15, -0.1) is 0 Å². The van der Waals surface area contributed by atoms with Crippen LogP contribution in [0.5, 0.6) is 5.75 Å². The zero-order valence-electron chi connectivity index (χ0n) is 17.0. The Kier molecular flexibility index (Phi) is 5.83. The number of halogens is 3. The first-order valence-electron chi connectivity index (χ1n) is 9.59. The number of benzene rings is 1. The van der Waals surface area contributed by atoms with Crippen molar-refractivity contribution >= 4 is 21.6 Å². The molecule has 1 aromatic rings. The van der Waals surface area contributed by atoms with E-state index in [1.54, 1.807) is 13.8 Å². The van der Waals surface area contributed by atoms with Gasteiger partial charge in [0.2, 0.25) is 0 Å². The van der Waals surface area contributed by atoms with Crippen molar-refractivity contribution in [2.24, 2.45) is 0 Å². The Hall–Kier alpha value is -2.23. The van der Waals surface area contributed by atoms with Crippen LogP contribution in [0.3, 0.4) is 0 Å². The van der Waals surface area contributed by atoms with Crippen molar-refractivity contribution in [3.8, 4) is 5.75 Å². The summed E-state index contributed by atoms with van der Waals surface area (Å²) >= 11 is 0. The summed E-state index contributed by atoms with van der Waals surface area (Å²) in [5.41, 5.74) is 0.630. The number of amides is 1. The minimum Gasteiger partial charge on any atom is -0.484 e. The van der Waals surface area contributed by atoms with Gasteiger partial charge in [-0.1, -0.05) is 19.3 Å². The van der Waals surface area contributed by atoms with Crippen molar-refractivity contribution in [1.29, 1.82) is 0 Å². The molecule has 0 bridgehead atoms. The molecule has 1 amide bonds. The highest BCUT2D eigenvalue weighted by molar-refractivity contribution is 7.86. The molecule has 1 aliphatic heterocycles. The van der Waals surface area contributed by atoms with Crippen LogP contribution in [0.4, 0.5) is 13.2 Å². The van der Waals surface area contributed by atoms with E-state index in [0.29, 0.717) is 29.5 Å². The molecule has 1 aliphatic carbocycles. The molecule has 0 radical (unpaired) electrons. The van der Waals surface area contributed by atoms with Crippen LogP contribution in [-0.4, -0.2) is 38.9 Å². The summed E-state index contributed by atoms with van der Waals surface area (Å²) < 4.78 is 71.5. The van der Waals surface area contributed by atoms with E-state index in [1.165, 1.54) is 12.1 Å². The van der Waals surface area contributed by atoms with Gasteiger partial charge in [-0.2, -0.15) is 21.6 Å². The van der Waals surface area contributed by atoms with Crippen LogP contribution >= 0.6 is 0 Å². The summed E-state index contributed by atoms with van der Waals surface area (Å²) in [5.74, 6) is -0.362. The van der Waals surface area contributed by atoms with Crippen molar-refractivity contribution in [3.63, 3.8) is 0 Å². The molecule has 1 N–H and O–H groups in total. The summed E-state index contributed by atoms with van der Waals surface area (Å²) in [6.45, 7) is 1.83. The van der Waals surface area contributed by atoms with Gasteiger partial charge >= 0.3 is 16.3 Å². The predicted molar refractivity (Wildman–Crippen MR) is 104 cm³/mol. The van der Waals surface area contributed by atoms with Crippen LogP contribution < -0.4 is 10.1 Å². The maximum absolute atomic E-state index is 13.0. The average Bonchev–Trinajstić information content (AvgIpc) is 2.83. The molecule has 0 unspecified atom stereocenters. The molecule has 3 rings (SSSR count).